The van der Waals surface area contributed by atoms with Crippen LogP contribution in [-0.2, 0) is 16.1 Å². The molecular formula is C23H29ClN2O3S. The van der Waals surface area contributed by atoms with Crippen LogP contribution in [0.3, 0.4) is 0 Å². The van der Waals surface area contributed by atoms with E-state index >= 15 is 0 Å². The number of hydrogen-bond donors (Lipinski definition) is 1. The minimum absolute atomic E-state index is 0.0794. The molecular weight excluding hydrogens is 420 g/mol. The van der Waals surface area contributed by atoms with Crippen LogP contribution in [0.15, 0.2) is 53.4 Å². The van der Waals surface area contributed by atoms with E-state index in [4.69, 9.17) is 16.3 Å². The van der Waals surface area contributed by atoms with Crippen LogP contribution < -0.4 is 10.1 Å². The fourth-order valence-electron chi connectivity index (χ4n) is 2.97. The number of amides is 2. The normalized spacial score (nSPS) is 11.6. The minimum atomic E-state index is -0.517. The highest BCUT2D eigenvalue weighted by Gasteiger charge is 2.28. The second kappa shape index (κ2) is 12.5. The molecule has 0 aliphatic carbocycles. The number of thioether (sulfide) groups is 1. The van der Waals surface area contributed by atoms with E-state index in [1.165, 1.54) is 11.8 Å². The summed E-state index contributed by atoms with van der Waals surface area (Å²) in [5.74, 6) is 0.805. The third-order valence-corrected chi connectivity index (χ3v) is 5.87. The SMILES string of the molecule is CCCNC(=O)[C@H](CC)N(Cc1ccc(OC)cc1)C(=O)CSc1ccc(Cl)cc1. The van der Waals surface area contributed by atoms with Crippen LogP contribution in [0.25, 0.3) is 0 Å². The monoisotopic (exact) mass is 448 g/mol. The average molecular weight is 449 g/mol. The highest BCUT2D eigenvalue weighted by Crippen LogP contribution is 2.22. The van der Waals surface area contributed by atoms with Crippen LogP contribution in [0.4, 0.5) is 0 Å². The molecule has 0 fully saturated rings. The van der Waals surface area contributed by atoms with Gasteiger partial charge in [-0.3, -0.25) is 9.59 Å². The quantitative estimate of drug-likeness (QED) is 0.503. The van der Waals surface area contributed by atoms with Crippen molar-refractivity contribution in [3.05, 3.63) is 59.1 Å². The largest absolute Gasteiger partial charge is 0.497 e. The van der Waals surface area contributed by atoms with Gasteiger partial charge < -0.3 is 15.0 Å². The molecule has 2 aromatic rings. The van der Waals surface area contributed by atoms with E-state index in [0.717, 1.165) is 22.6 Å². The molecule has 2 aromatic carbocycles. The van der Waals surface area contributed by atoms with Crippen molar-refractivity contribution >= 4 is 35.2 Å². The van der Waals surface area contributed by atoms with E-state index in [1.54, 1.807) is 24.1 Å². The number of benzene rings is 2. The predicted octanol–water partition coefficient (Wildman–Crippen LogP) is 4.77. The molecule has 7 heteroatoms. The van der Waals surface area contributed by atoms with E-state index in [2.05, 4.69) is 5.32 Å². The zero-order chi connectivity index (χ0) is 21.9. The van der Waals surface area contributed by atoms with Crippen molar-refractivity contribution in [2.24, 2.45) is 0 Å². The second-order valence-electron chi connectivity index (χ2n) is 6.83. The van der Waals surface area contributed by atoms with Gasteiger partial charge >= 0.3 is 0 Å². The molecule has 30 heavy (non-hydrogen) atoms. The number of methoxy groups -OCH3 is 1. The predicted molar refractivity (Wildman–Crippen MR) is 123 cm³/mol. The van der Waals surface area contributed by atoms with Gasteiger partial charge in [0.15, 0.2) is 0 Å². The first kappa shape index (κ1) is 24.1. The number of nitrogens with zero attached hydrogens (tertiary/aromatic N) is 1. The Morgan fingerprint density at radius 1 is 1.10 bits per heavy atom. The Morgan fingerprint density at radius 2 is 1.77 bits per heavy atom. The van der Waals surface area contributed by atoms with Crippen molar-refractivity contribution in [1.29, 1.82) is 0 Å². The molecule has 0 bridgehead atoms. The smallest absolute Gasteiger partial charge is 0.242 e. The Labute approximate surface area is 188 Å². The van der Waals surface area contributed by atoms with Crippen molar-refractivity contribution in [3.63, 3.8) is 0 Å². The molecule has 0 aliphatic heterocycles. The lowest BCUT2D eigenvalue weighted by Gasteiger charge is -2.30. The van der Waals surface area contributed by atoms with Gasteiger partial charge in [-0.25, -0.2) is 0 Å². The zero-order valence-corrected chi connectivity index (χ0v) is 19.3. The zero-order valence-electron chi connectivity index (χ0n) is 17.7. The molecule has 0 saturated carbocycles. The Bertz CT molecular complexity index is 812. The van der Waals surface area contributed by atoms with E-state index in [0.29, 0.717) is 24.5 Å². The first-order valence-electron chi connectivity index (χ1n) is 10.1. The van der Waals surface area contributed by atoms with Gasteiger partial charge in [0, 0.05) is 23.0 Å². The Balaban J connectivity index is 2.17. The van der Waals surface area contributed by atoms with Crippen LogP contribution in [0.2, 0.25) is 5.02 Å². The summed E-state index contributed by atoms with van der Waals surface area (Å²) in [6, 6.07) is 14.4. The van der Waals surface area contributed by atoms with Crippen molar-refractivity contribution in [3.8, 4) is 5.75 Å². The number of rotatable bonds is 11. The van der Waals surface area contributed by atoms with Gasteiger partial charge in [-0.15, -0.1) is 11.8 Å². The Kier molecular flexibility index (Phi) is 10.0. The molecule has 0 saturated heterocycles. The lowest BCUT2D eigenvalue weighted by Crippen LogP contribution is -2.49. The number of carbonyl (C=O) groups is 2. The number of hydrogen-bond acceptors (Lipinski definition) is 4. The van der Waals surface area contributed by atoms with Crippen molar-refractivity contribution in [2.45, 2.75) is 44.2 Å². The summed E-state index contributed by atoms with van der Waals surface area (Å²) >= 11 is 7.37. The highest BCUT2D eigenvalue weighted by atomic mass is 35.5. The summed E-state index contributed by atoms with van der Waals surface area (Å²) in [6.45, 7) is 4.89. The van der Waals surface area contributed by atoms with Crippen LogP contribution in [0, 0.1) is 0 Å². The lowest BCUT2D eigenvalue weighted by atomic mass is 10.1. The van der Waals surface area contributed by atoms with Crippen molar-refractivity contribution in [2.75, 3.05) is 19.4 Å². The lowest BCUT2D eigenvalue weighted by molar-refractivity contribution is -0.139. The fourth-order valence-corrected chi connectivity index (χ4v) is 3.88. The van der Waals surface area contributed by atoms with Crippen molar-refractivity contribution < 1.29 is 14.3 Å². The van der Waals surface area contributed by atoms with E-state index < -0.39 is 6.04 Å². The van der Waals surface area contributed by atoms with Gasteiger partial charge in [0.25, 0.3) is 0 Å². The van der Waals surface area contributed by atoms with Gasteiger partial charge in [0.2, 0.25) is 11.8 Å². The third-order valence-electron chi connectivity index (χ3n) is 4.62. The van der Waals surface area contributed by atoms with E-state index in [1.807, 2.05) is 50.2 Å². The maximum absolute atomic E-state index is 13.2. The topological polar surface area (TPSA) is 58.6 Å². The van der Waals surface area contributed by atoms with Gasteiger partial charge in [-0.2, -0.15) is 0 Å². The number of ether oxygens (including phenoxy) is 1. The average Bonchev–Trinajstić information content (AvgIpc) is 2.77. The first-order chi connectivity index (χ1) is 14.5. The number of carbonyl (C=O) groups excluding carboxylic acids is 2. The molecule has 0 aliphatic rings. The van der Waals surface area contributed by atoms with Gasteiger partial charge in [-0.05, 0) is 54.8 Å². The molecule has 0 unspecified atom stereocenters. The molecule has 2 rings (SSSR count). The summed E-state index contributed by atoms with van der Waals surface area (Å²) in [7, 11) is 1.62. The van der Waals surface area contributed by atoms with Crippen molar-refractivity contribution in [1.82, 2.24) is 10.2 Å². The molecule has 0 radical (unpaired) electrons. The molecule has 2 amide bonds. The van der Waals surface area contributed by atoms with E-state index in [9.17, 15) is 9.59 Å². The summed E-state index contributed by atoms with van der Waals surface area (Å²) < 4.78 is 5.21. The number of nitrogens with one attached hydrogen (secondary N) is 1. The van der Waals surface area contributed by atoms with Crippen LogP contribution >= 0.6 is 23.4 Å². The number of halogens is 1. The van der Waals surface area contributed by atoms with Gasteiger partial charge in [0.05, 0.1) is 12.9 Å². The first-order valence-corrected chi connectivity index (χ1v) is 11.4. The standard InChI is InChI=1S/C23H29ClN2O3S/c1-4-14-25-23(28)21(5-2)26(15-17-6-10-19(29-3)11-7-17)22(27)16-30-20-12-8-18(24)9-13-20/h6-13,21H,4-5,14-16H2,1-3H3,(H,25,28)/t21-/m0/s1. The summed E-state index contributed by atoms with van der Waals surface area (Å²) in [5.41, 5.74) is 0.947. The molecule has 1 N–H and O–H groups in total. The molecule has 5 nitrogen and oxygen atoms in total. The minimum Gasteiger partial charge on any atom is -0.497 e. The Hall–Kier alpha value is -2.18. The highest BCUT2D eigenvalue weighted by molar-refractivity contribution is 8.00. The van der Waals surface area contributed by atoms with Crippen LogP contribution in [0.5, 0.6) is 5.75 Å². The van der Waals surface area contributed by atoms with Gasteiger partial charge in [0.1, 0.15) is 11.8 Å². The van der Waals surface area contributed by atoms with E-state index in [-0.39, 0.29) is 17.6 Å². The fraction of sp³-hybridized carbons (Fsp3) is 0.391. The van der Waals surface area contributed by atoms with Crippen LogP contribution in [-0.4, -0.2) is 42.2 Å². The molecule has 1 atom stereocenters. The molecule has 0 heterocycles. The third kappa shape index (κ3) is 7.26. The summed E-state index contributed by atoms with van der Waals surface area (Å²) in [5, 5.41) is 3.59. The molecule has 0 spiro atoms. The summed E-state index contributed by atoms with van der Waals surface area (Å²) in [6.07, 6.45) is 1.39. The maximum atomic E-state index is 13.2. The maximum Gasteiger partial charge on any atom is 0.242 e. The summed E-state index contributed by atoms with van der Waals surface area (Å²) in [4.78, 5) is 28.5. The Morgan fingerprint density at radius 3 is 2.33 bits per heavy atom. The van der Waals surface area contributed by atoms with Crippen LogP contribution in [0.1, 0.15) is 32.3 Å². The molecule has 162 valence electrons. The molecule has 0 aromatic heterocycles. The second-order valence-corrected chi connectivity index (χ2v) is 8.31. The van der Waals surface area contributed by atoms with Gasteiger partial charge in [-0.1, -0.05) is 37.6 Å².